The molecule has 0 unspecified atom stereocenters. The van der Waals surface area contributed by atoms with Crippen molar-refractivity contribution >= 4 is 55.4 Å². The number of hydrogen-bond acceptors (Lipinski definition) is 5. The number of methoxy groups -OCH3 is 1. The van der Waals surface area contributed by atoms with Gasteiger partial charge < -0.3 is 14.5 Å². The summed E-state index contributed by atoms with van der Waals surface area (Å²) in [5.41, 5.74) is 0. The first-order valence-electron chi connectivity index (χ1n) is 8.68. The number of nitrogens with one attached hydrogen (secondary N) is 1. The molecule has 0 radical (unpaired) electrons. The monoisotopic (exact) mass is 520 g/mol. The van der Waals surface area contributed by atoms with Crippen LogP contribution in [0.5, 0.6) is 17.2 Å². The molecule has 6 nitrogen and oxygen atoms in total. The summed E-state index contributed by atoms with van der Waals surface area (Å²) in [5, 5.41) is 0.585. The zero-order valence-electron chi connectivity index (χ0n) is 15.7. The molecule has 0 aliphatic heterocycles. The molecule has 0 saturated heterocycles. The molecule has 0 heterocycles. The van der Waals surface area contributed by atoms with Crippen LogP contribution >= 0.6 is 39.1 Å². The third kappa shape index (κ3) is 5.24. The van der Waals surface area contributed by atoms with Gasteiger partial charge in [-0.15, -0.1) is 0 Å². The molecule has 0 aromatic heterocycles. The highest BCUT2D eigenvalue weighted by molar-refractivity contribution is 9.10. The summed E-state index contributed by atoms with van der Waals surface area (Å²) >= 11 is 15.7. The van der Waals surface area contributed by atoms with Crippen LogP contribution in [0.2, 0.25) is 10.0 Å². The van der Waals surface area contributed by atoms with Gasteiger partial charge in [-0.25, -0.2) is 13.1 Å². The summed E-state index contributed by atoms with van der Waals surface area (Å²) in [4.78, 5) is 3.96. The number of aliphatic imine (C=N–C) groups is 1. The summed E-state index contributed by atoms with van der Waals surface area (Å²) in [7, 11) is -0.699. The zero-order chi connectivity index (χ0) is 21.2. The largest absolute Gasteiger partial charge is 0.495 e. The lowest BCUT2D eigenvalue weighted by Gasteiger charge is -2.33. The lowest BCUT2D eigenvalue weighted by Crippen LogP contribution is -2.44. The maximum atomic E-state index is 12.9. The fourth-order valence-corrected chi connectivity index (χ4v) is 5.78. The predicted octanol–water partition coefficient (Wildman–Crippen LogP) is 5.31. The van der Waals surface area contributed by atoms with E-state index < -0.39 is 10.0 Å². The number of ether oxygens (including phenoxy) is 2. The highest BCUT2D eigenvalue weighted by Gasteiger charge is 2.33. The summed E-state index contributed by atoms with van der Waals surface area (Å²) in [6.45, 7) is 0. The van der Waals surface area contributed by atoms with Gasteiger partial charge in [0.25, 0.3) is 0 Å². The Morgan fingerprint density at radius 2 is 1.86 bits per heavy atom. The quantitative estimate of drug-likeness (QED) is 0.500. The molecule has 0 atom stereocenters. The van der Waals surface area contributed by atoms with Gasteiger partial charge in [0.15, 0.2) is 5.75 Å². The van der Waals surface area contributed by atoms with Crippen molar-refractivity contribution in [1.29, 1.82) is 0 Å². The van der Waals surface area contributed by atoms with Crippen LogP contribution in [-0.2, 0) is 10.0 Å². The molecule has 1 saturated carbocycles. The van der Waals surface area contributed by atoms with Gasteiger partial charge in [0, 0.05) is 29.8 Å². The van der Waals surface area contributed by atoms with E-state index in [2.05, 4.69) is 25.6 Å². The molecule has 1 aliphatic rings. The molecule has 1 aliphatic carbocycles. The van der Waals surface area contributed by atoms with Crippen molar-refractivity contribution in [2.75, 3.05) is 14.2 Å². The van der Waals surface area contributed by atoms with Crippen molar-refractivity contribution < 1.29 is 17.9 Å². The van der Waals surface area contributed by atoms with Gasteiger partial charge in [-0.05, 0) is 43.0 Å². The second-order valence-electron chi connectivity index (χ2n) is 6.57. The highest BCUT2D eigenvalue weighted by atomic mass is 79.9. The van der Waals surface area contributed by atoms with E-state index in [-0.39, 0.29) is 28.2 Å². The molecule has 2 aromatic rings. The Hall–Kier alpha value is -1.32. The third-order valence-corrected chi connectivity index (χ3v) is 7.02. The molecule has 10 heteroatoms. The van der Waals surface area contributed by atoms with Crippen molar-refractivity contribution in [1.82, 2.24) is 4.72 Å². The van der Waals surface area contributed by atoms with Gasteiger partial charge in [0.1, 0.15) is 16.4 Å². The van der Waals surface area contributed by atoms with Gasteiger partial charge in [0.2, 0.25) is 10.0 Å². The Kier molecular flexibility index (Phi) is 7.11. The first-order chi connectivity index (χ1) is 13.7. The lowest BCUT2D eigenvalue weighted by atomic mass is 9.82. The highest BCUT2D eigenvalue weighted by Crippen LogP contribution is 2.40. The van der Waals surface area contributed by atoms with Crippen LogP contribution in [-0.4, -0.2) is 34.8 Å². The smallest absolute Gasteiger partial charge is 0.244 e. The Morgan fingerprint density at radius 1 is 1.21 bits per heavy atom. The fourth-order valence-electron chi connectivity index (χ4n) is 3.05. The maximum Gasteiger partial charge on any atom is 0.244 e. The van der Waals surface area contributed by atoms with E-state index in [9.17, 15) is 8.42 Å². The molecule has 1 N–H and O–H groups in total. The van der Waals surface area contributed by atoms with E-state index in [1.807, 2.05) is 6.21 Å². The van der Waals surface area contributed by atoms with Crippen LogP contribution in [0.4, 0.5) is 0 Å². The number of rotatable bonds is 7. The third-order valence-electron chi connectivity index (χ3n) is 4.46. The molecule has 1 fully saturated rings. The van der Waals surface area contributed by atoms with Crippen LogP contribution in [0.1, 0.15) is 12.8 Å². The lowest BCUT2D eigenvalue weighted by molar-refractivity contribution is 0.324. The minimum absolute atomic E-state index is 0.0190. The topological polar surface area (TPSA) is 77.0 Å². The van der Waals surface area contributed by atoms with Crippen molar-refractivity contribution in [3.8, 4) is 17.2 Å². The molecular weight excluding hydrogens is 503 g/mol. The minimum Gasteiger partial charge on any atom is -0.495 e. The standard InChI is InChI=1S/C19H19BrCl2N2O4S/c1-23-10-11-5-13(6-11)24-29(25,26)18-9-14(3-4-17(18)27-2)28-19-15(21)7-12(20)8-16(19)22/h3-4,7-11,13,24H,5-6H2,1-2H3. The Balaban J connectivity index is 1.86. The van der Waals surface area contributed by atoms with E-state index in [1.165, 1.54) is 19.2 Å². The van der Waals surface area contributed by atoms with Gasteiger partial charge in [0.05, 0.1) is 17.2 Å². The number of benzene rings is 2. The SMILES string of the molecule is CN=CC1CC(NS(=O)(=O)c2cc(Oc3c(Cl)cc(Br)cc3Cl)ccc2OC)C1. The molecule has 2 aromatic carbocycles. The molecule has 156 valence electrons. The summed E-state index contributed by atoms with van der Waals surface area (Å²) in [5.74, 6) is 1.01. The number of sulfonamides is 1. The average Bonchev–Trinajstić information content (AvgIpc) is 2.62. The molecule has 3 rings (SSSR count). The Bertz CT molecular complexity index is 1020. The first kappa shape index (κ1) is 22.4. The van der Waals surface area contributed by atoms with E-state index in [1.54, 1.807) is 25.2 Å². The molecule has 0 bridgehead atoms. The summed E-state index contributed by atoms with van der Waals surface area (Å²) in [6, 6.07) is 7.63. The predicted molar refractivity (Wildman–Crippen MR) is 118 cm³/mol. The van der Waals surface area contributed by atoms with Crippen molar-refractivity contribution in [2.24, 2.45) is 10.9 Å². The van der Waals surface area contributed by atoms with Gasteiger partial charge >= 0.3 is 0 Å². The second kappa shape index (κ2) is 9.22. The number of nitrogens with zero attached hydrogens (tertiary/aromatic N) is 1. The van der Waals surface area contributed by atoms with Crippen molar-refractivity contribution in [3.63, 3.8) is 0 Å². The van der Waals surface area contributed by atoms with Crippen LogP contribution in [0.25, 0.3) is 0 Å². The van der Waals surface area contributed by atoms with E-state index in [0.717, 1.165) is 0 Å². The van der Waals surface area contributed by atoms with Crippen LogP contribution in [0.3, 0.4) is 0 Å². The molecular formula is C19H19BrCl2N2O4S. The summed E-state index contributed by atoms with van der Waals surface area (Å²) < 4.78 is 40.3. The normalized spacial score (nSPS) is 19.2. The second-order valence-corrected chi connectivity index (χ2v) is 9.98. The fraction of sp³-hybridized carbons (Fsp3) is 0.316. The maximum absolute atomic E-state index is 12.9. The Labute approximate surface area is 188 Å². The van der Waals surface area contributed by atoms with E-state index in [0.29, 0.717) is 33.3 Å². The minimum atomic E-state index is -3.82. The van der Waals surface area contributed by atoms with E-state index >= 15 is 0 Å². The van der Waals surface area contributed by atoms with Crippen LogP contribution in [0.15, 0.2) is 44.7 Å². The number of halogens is 3. The van der Waals surface area contributed by atoms with Crippen molar-refractivity contribution in [3.05, 3.63) is 44.8 Å². The van der Waals surface area contributed by atoms with E-state index in [4.69, 9.17) is 32.7 Å². The van der Waals surface area contributed by atoms with Crippen molar-refractivity contribution in [2.45, 2.75) is 23.8 Å². The first-order valence-corrected chi connectivity index (χ1v) is 11.7. The molecule has 0 spiro atoms. The molecule has 0 amide bonds. The average molecular weight is 522 g/mol. The Morgan fingerprint density at radius 3 is 2.45 bits per heavy atom. The zero-order valence-corrected chi connectivity index (χ0v) is 19.6. The van der Waals surface area contributed by atoms with Crippen LogP contribution < -0.4 is 14.2 Å². The van der Waals surface area contributed by atoms with Gasteiger partial charge in [-0.2, -0.15) is 0 Å². The summed E-state index contributed by atoms with van der Waals surface area (Å²) in [6.07, 6.45) is 3.25. The van der Waals surface area contributed by atoms with Gasteiger partial charge in [-0.3, -0.25) is 0 Å². The molecule has 29 heavy (non-hydrogen) atoms. The van der Waals surface area contributed by atoms with Gasteiger partial charge in [-0.1, -0.05) is 39.1 Å². The number of hydrogen-bond donors (Lipinski definition) is 1. The van der Waals surface area contributed by atoms with Crippen LogP contribution in [0, 0.1) is 5.92 Å².